The van der Waals surface area contributed by atoms with Crippen molar-refractivity contribution < 1.29 is 19.4 Å². The summed E-state index contributed by atoms with van der Waals surface area (Å²) in [5, 5.41) is 12.4. The minimum absolute atomic E-state index is 0.0656. The number of hydrogen-bond donors (Lipinski definition) is 2. The monoisotopic (exact) mass is 298 g/mol. The zero-order valence-electron chi connectivity index (χ0n) is 12.9. The topological polar surface area (TPSA) is 78.9 Å². The molecule has 2 aliphatic heterocycles. The van der Waals surface area contributed by atoms with Gasteiger partial charge < -0.3 is 20.1 Å². The van der Waals surface area contributed by atoms with E-state index in [1.165, 1.54) is 0 Å². The normalized spacial score (nSPS) is 29.0. The van der Waals surface area contributed by atoms with Crippen LogP contribution in [0.15, 0.2) is 0 Å². The smallest absolute Gasteiger partial charge is 0.317 e. The molecular formula is C15H26N2O4. The Morgan fingerprint density at radius 1 is 1.38 bits per heavy atom. The highest BCUT2D eigenvalue weighted by atomic mass is 16.5. The molecule has 0 bridgehead atoms. The maximum Gasteiger partial charge on any atom is 0.317 e. The van der Waals surface area contributed by atoms with E-state index < -0.39 is 11.4 Å². The van der Waals surface area contributed by atoms with Crippen molar-refractivity contribution in [3.63, 3.8) is 0 Å². The first-order valence-corrected chi connectivity index (χ1v) is 7.87. The SMILES string of the molecule is CCC1(C(=O)O)CCN(C(=O)NC2CCOC(C)C2)CC1. The van der Waals surface area contributed by atoms with Crippen molar-refractivity contribution in [2.24, 2.45) is 5.41 Å². The van der Waals surface area contributed by atoms with Crippen molar-refractivity contribution in [2.75, 3.05) is 19.7 Å². The molecule has 0 aromatic heterocycles. The summed E-state index contributed by atoms with van der Waals surface area (Å²) < 4.78 is 5.47. The van der Waals surface area contributed by atoms with Crippen LogP contribution < -0.4 is 5.32 Å². The second kappa shape index (κ2) is 6.64. The highest BCUT2D eigenvalue weighted by Crippen LogP contribution is 2.35. The Morgan fingerprint density at radius 3 is 2.57 bits per heavy atom. The maximum absolute atomic E-state index is 12.3. The molecule has 2 heterocycles. The van der Waals surface area contributed by atoms with Gasteiger partial charge in [-0.25, -0.2) is 4.79 Å². The molecule has 0 aliphatic carbocycles. The molecule has 2 aliphatic rings. The average Bonchev–Trinajstić information content (AvgIpc) is 2.47. The van der Waals surface area contributed by atoms with E-state index in [1.54, 1.807) is 4.90 Å². The highest BCUT2D eigenvalue weighted by Gasteiger charge is 2.41. The first-order valence-electron chi connectivity index (χ1n) is 7.87. The third-order valence-electron chi connectivity index (χ3n) is 4.95. The second-order valence-corrected chi connectivity index (χ2v) is 6.28. The molecule has 2 rings (SSSR count). The van der Waals surface area contributed by atoms with Crippen LogP contribution in [0.4, 0.5) is 4.79 Å². The lowest BCUT2D eigenvalue weighted by atomic mass is 9.76. The quantitative estimate of drug-likeness (QED) is 0.833. The van der Waals surface area contributed by atoms with Crippen molar-refractivity contribution >= 4 is 12.0 Å². The zero-order valence-corrected chi connectivity index (χ0v) is 12.9. The number of carbonyl (C=O) groups is 2. The van der Waals surface area contributed by atoms with Crippen LogP contribution >= 0.6 is 0 Å². The number of carboxylic acids is 1. The van der Waals surface area contributed by atoms with Gasteiger partial charge in [0, 0.05) is 25.7 Å². The first kappa shape index (κ1) is 16.1. The summed E-state index contributed by atoms with van der Waals surface area (Å²) >= 11 is 0. The molecule has 21 heavy (non-hydrogen) atoms. The molecule has 0 saturated carbocycles. The number of amides is 2. The molecule has 2 saturated heterocycles. The molecule has 2 fully saturated rings. The van der Waals surface area contributed by atoms with Crippen molar-refractivity contribution in [3.05, 3.63) is 0 Å². The van der Waals surface area contributed by atoms with Gasteiger partial charge in [0.15, 0.2) is 0 Å². The van der Waals surface area contributed by atoms with Gasteiger partial charge in [0.05, 0.1) is 11.5 Å². The van der Waals surface area contributed by atoms with Crippen LogP contribution in [-0.4, -0.2) is 53.8 Å². The molecule has 0 radical (unpaired) electrons. The van der Waals surface area contributed by atoms with Crippen molar-refractivity contribution in [3.8, 4) is 0 Å². The van der Waals surface area contributed by atoms with E-state index in [0.29, 0.717) is 39.0 Å². The van der Waals surface area contributed by atoms with E-state index in [0.717, 1.165) is 12.8 Å². The number of rotatable bonds is 3. The largest absolute Gasteiger partial charge is 0.481 e. The van der Waals surface area contributed by atoms with Gasteiger partial charge >= 0.3 is 12.0 Å². The number of likely N-dealkylation sites (tertiary alicyclic amines) is 1. The molecule has 2 unspecified atom stereocenters. The van der Waals surface area contributed by atoms with Gasteiger partial charge in [-0.15, -0.1) is 0 Å². The van der Waals surface area contributed by atoms with E-state index in [2.05, 4.69) is 5.32 Å². The predicted octanol–water partition coefficient (Wildman–Crippen LogP) is 1.84. The third kappa shape index (κ3) is 3.67. The number of aliphatic carboxylic acids is 1. The van der Waals surface area contributed by atoms with Crippen LogP contribution in [-0.2, 0) is 9.53 Å². The summed E-state index contributed by atoms with van der Waals surface area (Å²) in [5.41, 5.74) is -0.649. The Hall–Kier alpha value is -1.30. The van der Waals surface area contributed by atoms with E-state index >= 15 is 0 Å². The number of carboxylic acid groups (broad SMARTS) is 1. The Balaban J connectivity index is 1.84. The molecule has 0 aromatic rings. The van der Waals surface area contributed by atoms with Crippen LogP contribution in [0.5, 0.6) is 0 Å². The molecule has 2 amide bonds. The molecule has 6 heteroatoms. The fourth-order valence-electron chi connectivity index (χ4n) is 3.25. The van der Waals surface area contributed by atoms with Crippen LogP contribution in [0, 0.1) is 5.41 Å². The van der Waals surface area contributed by atoms with Gasteiger partial charge in [-0.3, -0.25) is 4.79 Å². The van der Waals surface area contributed by atoms with Crippen LogP contribution in [0.1, 0.15) is 46.0 Å². The fraction of sp³-hybridized carbons (Fsp3) is 0.867. The number of nitrogens with one attached hydrogen (secondary N) is 1. The maximum atomic E-state index is 12.3. The van der Waals surface area contributed by atoms with Crippen molar-refractivity contribution in [1.82, 2.24) is 10.2 Å². The van der Waals surface area contributed by atoms with Crippen LogP contribution in [0.3, 0.4) is 0 Å². The third-order valence-corrected chi connectivity index (χ3v) is 4.95. The second-order valence-electron chi connectivity index (χ2n) is 6.28. The number of carbonyl (C=O) groups excluding carboxylic acids is 1. The molecule has 0 aromatic carbocycles. The van der Waals surface area contributed by atoms with E-state index in [1.807, 2.05) is 13.8 Å². The standard InChI is InChI=1S/C15H26N2O4/c1-3-15(13(18)19)5-7-17(8-6-15)14(20)16-12-4-9-21-11(2)10-12/h11-12H,3-10H2,1-2H3,(H,16,20)(H,18,19). The summed E-state index contributed by atoms with van der Waals surface area (Å²) in [4.78, 5) is 25.4. The molecule has 0 spiro atoms. The molecule has 2 N–H and O–H groups in total. The van der Waals surface area contributed by atoms with E-state index in [4.69, 9.17) is 4.74 Å². The van der Waals surface area contributed by atoms with Crippen LogP contribution in [0.25, 0.3) is 0 Å². The van der Waals surface area contributed by atoms with Gasteiger partial charge in [-0.2, -0.15) is 0 Å². The molecule has 6 nitrogen and oxygen atoms in total. The van der Waals surface area contributed by atoms with E-state index in [-0.39, 0.29) is 18.2 Å². The summed E-state index contributed by atoms with van der Waals surface area (Å²) in [6.07, 6.45) is 3.57. The molecular weight excluding hydrogens is 272 g/mol. The van der Waals surface area contributed by atoms with E-state index in [9.17, 15) is 14.7 Å². The Morgan fingerprint density at radius 2 is 2.05 bits per heavy atom. The zero-order chi connectivity index (χ0) is 15.5. The summed E-state index contributed by atoms with van der Waals surface area (Å²) in [5.74, 6) is -0.733. The summed E-state index contributed by atoms with van der Waals surface area (Å²) in [6.45, 7) is 5.65. The lowest BCUT2D eigenvalue weighted by Gasteiger charge is -2.39. The minimum atomic E-state index is -0.733. The van der Waals surface area contributed by atoms with Gasteiger partial charge in [-0.05, 0) is 39.0 Å². The Bertz CT molecular complexity index is 391. The van der Waals surface area contributed by atoms with Gasteiger partial charge in [0.2, 0.25) is 0 Å². The van der Waals surface area contributed by atoms with Gasteiger partial charge in [-0.1, -0.05) is 6.92 Å². The van der Waals surface area contributed by atoms with Gasteiger partial charge in [0.1, 0.15) is 0 Å². The van der Waals surface area contributed by atoms with Crippen molar-refractivity contribution in [2.45, 2.75) is 58.1 Å². The highest BCUT2D eigenvalue weighted by molar-refractivity contribution is 5.77. The van der Waals surface area contributed by atoms with Crippen molar-refractivity contribution in [1.29, 1.82) is 0 Å². The summed E-state index contributed by atoms with van der Waals surface area (Å²) in [6, 6.07) is 0.0998. The Kier molecular flexibility index (Phi) is 5.08. The average molecular weight is 298 g/mol. The Labute approximate surface area is 125 Å². The number of nitrogens with zero attached hydrogens (tertiary/aromatic N) is 1. The number of urea groups is 1. The lowest BCUT2D eigenvalue weighted by molar-refractivity contribution is -0.152. The molecule has 2 atom stereocenters. The lowest BCUT2D eigenvalue weighted by Crippen LogP contribution is -2.52. The van der Waals surface area contributed by atoms with Gasteiger partial charge in [0.25, 0.3) is 0 Å². The summed E-state index contributed by atoms with van der Waals surface area (Å²) in [7, 11) is 0. The van der Waals surface area contributed by atoms with Crippen LogP contribution in [0.2, 0.25) is 0 Å². The fourth-order valence-corrected chi connectivity index (χ4v) is 3.25. The minimum Gasteiger partial charge on any atom is -0.481 e. The number of piperidine rings is 1. The molecule has 120 valence electrons. The first-order chi connectivity index (χ1) is 9.97. The predicted molar refractivity (Wildman–Crippen MR) is 78.1 cm³/mol. The number of ether oxygens (including phenoxy) is 1. The number of hydrogen-bond acceptors (Lipinski definition) is 3.